The quantitative estimate of drug-likeness (QED) is 0.808. The molecule has 0 aliphatic carbocycles. The maximum atomic E-state index is 12.5. The van der Waals surface area contributed by atoms with Gasteiger partial charge in [0.1, 0.15) is 0 Å². The Morgan fingerprint density at radius 2 is 1.32 bits per heavy atom. The molecule has 0 aliphatic rings. The van der Waals surface area contributed by atoms with Gasteiger partial charge in [0.15, 0.2) is 0 Å². The Morgan fingerprint density at radius 1 is 0.880 bits per heavy atom. The molecule has 5 heteroatoms. The largest absolute Gasteiger partial charge is 0.510 e. The summed E-state index contributed by atoms with van der Waals surface area (Å²) in [5, 5.41) is 10.5. The number of hydrogen-bond acceptors (Lipinski definition) is 3. The van der Waals surface area contributed by atoms with Gasteiger partial charge in [0.25, 0.3) is 5.97 Å². The first-order chi connectivity index (χ1) is 11.8. The average Bonchev–Trinajstić information content (AvgIpc) is 2.58. The van der Waals surface area contributed by atoms with Crippen molar-refractivity contribution in [3.63, 3.8) is 0 Å². The summed E-state index contributed by atoms with van der Waals surface area (Å²) >= 11 is 0. The Bertz CT molecular complexity index is 681. The van der Waals surface area contributed by atoms with Crippen LogP contribution in [0.5, 0.6) is 0 Å². The molecule has 2 aromatic rings. The fourth-order valence-corrected chi connectivity index (χ4v) is 7.45. The van der Waals surface area contributed by atoms with Crippen molar-refractivity contribution in [2.45, 2.75) is 38.7 Å². The van der Waals surface area contributed by atoms with Crippen LogP contribution in [0.4, 0.5) is 0 Å². The SMILES string of the molecule is CC(C)(C)[Si](OC(=O)CCC(=O)O)(c1ccccc1)c1ccccc1. The van der Waals surface area contributed by atoms with Crippen LogP contribution >= 0.6 is 0 Å². The molecule has 0 aliphatic heterocycles. The standard InChI is InChI=1S/C20H24O4Si/c1-20(2,3)25(16-10-6-4-7-11-16,17-12-8-5-9-13-17)24-19(23)15-14-18(21)22/h4-13H,14-15H2,1-3H3,(H,21,22). The summed E-state index contributed by atoms with van der Waals surface area (Å²) in [4.78, 5) is 23.3. The van der Waals surface area contributed by atoms with Gasteiger partial charge >= 0.3 is 14.3 Å². The zero-order valence-electron chi connectivity index (χ0n) is 14.9. The molecule has 1 N–H and O–H groups in total. The molecular formula is C20H24O4Si. The smallest absolute Gasteiger partial charge is 0.323 e. The van der Waals surface area contributed by atoms with E-state index in [-0.39, 0.29) is 17.9 Å². The van der Waals surface area contributed by atoms with Crippen molar-refractivity contribution in [1.82, 2.24) is 0 Å². The maximum absolute atomic E-state index is 12.5. The Balaban J connectivity index is 2.57. The van der Waals surface area contributed by atoms with Gasteiger partial charge in [0.05, 0.1) is 12.8 Å². The number of carboxylic acids is 1. The third-order valence-corrected chi connectivity index (χ3v) is 9.17. The van der Waals surface area contributed by atoms with Crippen molar-refractivity contribution in [2.24, 2.45) is 0 Å². The average molecular weight is 356 g/mol. The van der Waals surface area contributed by atoms with Gasteiger partial charge < -0.3 is 9.53 Å². The van der Waals surface area contributed by atoms with E-state index in [4.69, 9.17) is 9.53 Å². The highest BCUT2D eigenvalue weighted by Gasteiger charge is 2.53. The third kappa shape index (κ3) is 4.17. The molecule has 0 saturated carbocycles. The molecule has 132 valence electrons. The molecule has 0 amide bonds. The van der Waals surface area contributed by atoms with Crippen LogP contribution < -0.4 is 10.4 Å². The van der Waals surface area contributed by atoms with Crippen molar-refractivity contribution in [2.75, 3.05) is 0 Å². The molecule has 25 heavy (non-hydrogen) atoms. The number of carbonyl (C=O) groups excluding carboxylic acids is 1. The monoisotopic (exact) mass is 356 g/mol. The fraction of sp³-hybridized carbons (Fsp3) is 0.300. The minimum atomic E-state index is -2.93. The van der Waals surface area contributed by atoms with Crippen LogP contribution in [0.15, 0.2) is 60.7 Å². The van der Waals surface area contributed by atoms with Crippen molar-refractivity contribution < 1.29 is 19.1 Å². The van der Waals surface area contributed by atoms with E-state index in [2.05, 4.69) is 20.8 Å². The predicted molar refractivity (Wildman–Crippen MR) is 101 cm³/mol. The van der Waals surface area contributed by atoms with E-state index >= 15 is 0 Å². The third-order valence-electron chi connectivity index (χ3n) is 4.23. The first-order valence-electron chi connectivity index (χ1n) is 8.32. The second kappa shape index (κ2) is 7.65. The van der Waals surface area contributed by atoms with E-state index < -0.39 is 20.3 Å². The summed E-state index contributed by atoms with van der Waals surface area (Å²) in [7, 11) is -2.93. The number of benzene rings is 2. The topological polar surface area (TPSA) is 63.6 Å². The molecule has 0 unspecified atom stereocenters. The van der Waals surface area contributed by atoms with Crippen LogP contribution in [0, 0.1) is 0 Å². The molecule has 0 fully saturated rings. The highest BCUT2D eigenvalue weighted by molar-refractivity contribution is 7.00. The molecular weight excluding hydrogens is 332 g/mol. The summed E-state index contributed by atoms with van der Waals surface area (Å²) < 4.78 is 6.16. The summed E-state index contributed by atoms with van der Waals surface area (Å²) in [5.74, 6) is -1.46. The van der Waals surface area contributed by atoms with Gasteiger partial charge in [0.2, 0.25) is 0 Å². The van der Waals surface area contributed by atoms with Crippen LogP contribution in [0.25, 0.3) is 0 Å². The van der Waals surface area contributed by atoms with E-state index in [9.17, 15) is 9.59 Å². The van der Waals surface area contributed by atoms with Crippen LogP contribution in [-0.4, -0.2) is 25.4 Å². The number of carboxylic acid groups (broad SMARTS) is 1. The Labute approximate surface area is 149 Å². The Kier molecular flexibility index (Phi) is 5.80. The van der Waals surface area contributed by atoms with E-state index in [0.717, 1.165) is 10.4 Å². The minimum absolute atomic E-state index is 0.125. The van der Waals surface area contributed by atoms with Crippen molar-refractivity contribution in [3.05, 3.63) is 60.7 Å². The molecule has 0 heterocycles. The second-order valence-corrected chi connectivity index (χ2v) is 11.3. The van der Waals surface area contributed by atoms with Gasteiger partial charge in [0, 0.05) is 0 Å². The normalized spacial score (nSPS) is 11.8. The number of rotatable bonds is 6. The van der Waals surface area contributed by atoms with E-state index in [1.54, 1.807) is 0 Å². The minimum Gasteiger partial charge on any atom is -0.510 e. The van der Waals surface area contributed by atoms with Crippen molar-refractivity contribution in [3.8, 4) is 0 Å². The lowest BCUT2D eigenvalue weighted by atomic mass is 10.2. The first-order valence-corrected chi connectivity index (χ1v) is 10.2. The van der Waals surface area contributed by atoms with Gasteiger partial charge in [-0.15, -0.1) is 0 Å². The van der Waals surface area contributed by atoms with Gasteiger partial charge in [-0.2, -0.15) is 0 Å². The molecule has 0 spiro atoms. The summed E-state index contributed by atoms with van der Waals surface area (Å²) in [5.41, 5.74) is 0. The zero-order valence-corrected chi connectivity index (χ0v) is 15.9. The van der Waals surface area contributed by atoms with Gasteiger partial charge in [-0.1, -0.05) is 81.4 Å². The Morgan fingerprint density at radius 3 is 1.68 bits per heavy atom. The van der Waals surface area contributed by atoms with Gasteiger partial charge in [-0.25, -0.2) is 0 Å². The molecule has 0 atom stereocenters. The van der Waals surface area contributed by atoms with Crippen molar-refractivity contribution >= 4 is 30.6 Å². The molecule has 2 rings (SSSR count). The zero-order chi connectivity index (χ0) is 18.5. The van der Waals surface area contributed by atoms with Crippen molar-refractivity contribution in [1.29, 1.82) is 0 Å². The summed E-state index contributed by atoms with van der Waals surface area (Å²) in [6.45, 7) is 6.22. The summed E-state index contributed by atoms with van der Waals surface area (Å²) in [6.07, 6.45) is -0.350. The molecule has 0 bridgehead atoms. The fourth-order valence-electron chi connectivity index (χ4n) is 3.08. The highest BCUT2D eigenvalue weighted by Crippen LogP contribution is 2.37. The number of hydrogen-bond donors (Lipinski definition) is 1. The second-order valence-electron chi connectivity index (χ2n) is 7.03. The number of aliphatic carboxylic acids is 1. The molecule has 0 radical (unpaired) electrons. The summed E-state index contributed by atoms with van der Waals surface area (Å²) in [6, 6.07) is 19.6. The lowest BCUT2D eigenvalue weighted by Gasteiger charge is -2.42. The molecule has 0 saturated heterocycles. The lowest BCUT2D eigenvalue weighted by Crippen LogP contribution is -2.67. The van der Waals surface area contributed by atoms with Crippen LogP contribution in [-0.2, 0) is 14.0 Å². The molecule has 0 aromatic heterocycles. The van der Waals surface area contributed by atoms with Crippen LogP contribution in [0.3, 0.4) is 0 Å². The van der Waals surface area contributed by atoms with E-state index in [1.165, 1.54) is 0 Å². The van der Waals surface area contributed by atoms with E-state index in [1.807, 2.05) is 60.7 Å². The lowest BCUT2D eigenvalue weighted by molar-refractivity contribution is -0.142. The number of carbonyl (C=O) groups is 2. The van der Waals surface area contributed by atoms with Crippen LogP contribution in [0.1, 0.15) is 33.6 Å². The molecule has 4 nitrogen and oxygen atoms in total. The molecule has 2 aromatic carbocycles. The van der Waals surface area contributed by atoms with E-state index in [0.29, 0.717) is 0 Å². The maximum Gasteiger partial charge on any atom is 0.323 e. The van der Waals surface area contributed by atoms with Gasteiger partial charge in [-0.05, 0) is 15.4 Å². The van der Waals surface area contributed by atoms with Gasteiger partial charge in [-0.3, -0.25) is 9.59 Å². The van der Waals surface area contributed by atoms with Crippen LogP contribution in [0.2, 0.25) is 5.04 Å². The first kappa shape index (κ1) is 18.9. The highest BCUT2D eigenvalue weighted by atomic mass is 28.4. The Hall–Kier alpha value is -2.40. The predicted octanol–water partition coefficient (Wildman–Crippen LogP) is 2.95.